The topological polar surface area (TPSA) is 77.8 Å². The summed E-state index contributed by atoms with van der Waals surface area (Å²) in [5, 5.41) is 1.32. The minimum Gasteiger partial charge on any atom is -0.497 e. The lowest BCUT2D eigenvalue weighted by atomic mass is 9.51. The van der Waals surface area contributed by atoms with E-state index >= 15 is 0 Å². The predicted octanol–water partition coefficient (Wildman–Crippen LogP) is 6.06. The van der Waals surface area contributed by atoms with E-state index in [9.17, 15) is 4.79 Å². The molecule has 8 aliphatic rings. The second-order valence-corrected chi connectivity index (χ2v) is 16.8. The molecule has 8 heterocycles. The Kier molecular flexibility index (Phi) is 6.35. The summed E-state index contributed by atoms with van der Waals surface area (Å²) in [5.74, 6) is 3.00. The number of methoxy groups -OCH3 is 2. The van der Waals surface area contributed by atoms with Crippen LogP contribution < -0.4 is 9.47 Å². The number of allylic oxidation sites excluding steroid dienone is 1. The number of ether oxygens (including phenoxy) is 4. The third kappa shape index (κ3) is 3.73. The second kappa shape index (κ2) is 10.5. The van der Waals surface area contributed by atoms with Crippen LogP contribution in [0, 0.1) is 29.6 Å². The molecule has 9 nitrogen and oxygen atoms in total. The molecule has 1 saturated carbocycles. The number of hydrogen-bond acceptors (Lipinski definition) is 8. The Bertz CT molecular complexity index is 2100. The van der Waals surface area contributed by atoms with Gasteiger partial charge in [-0.1, -0.05) is 18.6 Å². The summed E-state index contributed by atoms with van der Waals surface area (Å²) in [6.07, 6.45) is 5.90. The fourth-order valence-corrected chi connectivity index (χ4v) is 13.1. The van der Waals surface area contributed by atoms with Gasteiger partial charge < -0.3 is 23.5 Å². The number of carbonyl (C=O) groups excluding carboxylic acids is 1. The van der Waals surface area contributed by atoms with Crippen LogP contribution in [0.4, 0.5) is 5.69 Å². The van der Waals surface area contributed by atoms with Gasteiger partial charge in [-0.25, -0.2) is 0 Å². The number of carbonyl (C=O) groups is 1. The number of esters is 1. The fourth-order valence-electron chi connectivity index (χ4n) is 13.1. The molecule has 5 fully saturated rings. The molecule has 2 aromatic carbocycles. The zero-order valence-corrected chi connectivity index (χ0v) is 30.5. The molecule has 1 aliphatic carbocycles. The molecule has 0 radical (unpaired) electrons. The van der Waals surface area contributed by atoms with Crippen molar-refractivity contribution in [3.8, 4) is 11.5 Å². The number of likely N-dealkylation sites (N-methyl/N-ethyl adjacent to an activating group) is 1. The van der Waals surface area contributed by atoms with Gasteiger partial charge in [-0.15, -0.1) is 0 Å². The molecular formula is C42H48N4O5. The molecule has 9 heteroatoms. The maximum absolute atomic E-state index is 13.9. The van der Waals surface area contributed by atoms with Gasteiger partial charge in [0.1, 0.15) is 11.5 Å². The summed E-state index contributed by atoms with van der Waals surface area (Å²) in [6, 6.07) is 12.1. The highest BCUT2D eigenvalue weighted by Crippen LogP contribution is 2.63. The number of nitrogens with zero attached hydrogens (tertiary/aromatic N) is 4. The van der Waals surface area contributed by atoms with Crippen LogP contribution in [0.1, 0.15) is 67.5 Å². The third-order valence-electron chi connectivity index (χ3n) is 15.4. The van der Waals surface area contributed by atoms with Gasteiger partial charge in [0.15, 0.2) is 0 Å². The van der Waals surface area contributed by atoms with Crippen molar-refractivity contribution in [1.29, 1.82) is 0 Å². The summed E-state index contributed by atoms with van der Waals surface area (Å²) in [6.45, 7) is 7.12. The molecule has 3 aromatic rings. The first kappa shape index (κ1) is 30.9. The van der Waals surface area contributed by atoms with Gasteiger partial charge >= 0.3 is 5.97 Å². The van der Waals surface area contributed by atoms with Crippen molar-refractivity contribution in [2.75, 3.05) is 41.0 Å². The van der Waals surface area contributed by atoms with Gasteiger partial charge in [-0.05, 0) is 98.4 Å². The van der Waals surface area contributed by atoms with E-state index in [-0.39, 0.29) is 42.0 Å². The molecule has 0 N–H and O–H groups in total. The zero-order chi connectivity index (χ0) is 34.7. The molecule has 7 aliphatic heterocycles. The van der Waals surface area contributed by atoms with Crippen LogP contribution in [0.25, 0.3) is 10.9 Å². The smallest absolute Gasteiger partial charge is 0.310 e. The first-order valence-corrected chi connectivity index (χ1v) is 19.2. The summed E-state index contributed by atoms with van der Waals surface area (Å²) in [7, 11) is 7.88. The van der Waals surface area contributed by atoms with Crippen LogP contribution in [0.15, 0.2) is 47.0 Å². The van der Waals surface area contributed by atoms with E-state index in [1.807, 2.05) is 0 Å². The SMILES string of the molecule is C/C=C1/CN2CC[C@]34C(=Nc5cc6c(cc53)[C@H](C)[C@@H]3[C@@H](OC[C@@H]5[C@H]3C[C@H]3c7c(c8cc(OC)ccc8n7C)C[C@@H]5N3C)O6)[C@@H]2C[C@@H]1[C@@H]4C(=O)OC. The van der Waals surface area contributed by atoms with Crippen LogP contribution in [-0.4, -0.2) is 85.4 Å². The summed E-state index contributed by atoms with van der Waals surface area (Å²) >= 11 is 0. The van der Waals surface area contributed by atoms with E-state index in [2.05, 4.69) is 78.7 Å². The van der Waals surface area contributed by atoms with Crippen molar-refractivity contribution in [3.05, 3.63) is 64.4 Å². The molecule has 11 rings (SSSR count). The minimum absolute atomic E-state index is 0.0941. The summed E-state index contributed by atoms with van der Waals surface area (Å²) < 4.78 is 27.4. The van der Waals surface area contributed by atoms with Crippen LogP contribution in [0.2, 0.25) is 0 Å². The molecule has 0 amide bonds. The highest BCUT2D eigenvalue weighted by molar-refractivity contribution is 6.10. The number of aliphatic imine (C=N–C) groups is 1. The van der Waals surface area contributed by atoms with Gasteiger partial charge in [0.25, 0.3) is 0 Å². The Morgan fingerprint density at radius 2 is 1.96 bits per heavy atom. The van der Waals surface area contributed by atoms with E-state index in [1.165, 1.54) is 44.6 Å². The molecule has 51 heavy (non-hydrogen) atoms. The number of rotatable bonds is 2. The van der Waals surface area contributed by atoms with E-state index in [0.717, 1.165) is 56.0 Å². The van der Waals surface area contributed by atoms with Gasteiger partial charge in [0.05, 0.1) is 43.9 Å². The second-order valence-electron chi connectivity index (χ2n) is 16.8. The van der Waals surface area contributed by atoms with Gasteiger partial charge in [-0.3, -0.25) is 19.6 Å². The van der Waals surface area contributed by atoms with Crippen LogP contribution in [0.5, 0.6) is 11.5 Å². The molecule has 4 saturated heterocycles. The first-order valence-electron chi connectivity index (χ1n) is 19.2. The Labute approximate surface area is 299 Å². The molecule has 0 unspecified atom stereocenters. The third-order valence-corrected chi connectivity index (χ3v) is 15.4. The Hall–Kier alpha value is -3.66. The Morgan fingerprint density at radius 3 is 2.76 bits per heavy atom. The molecule has 5 bridgehead atoms. The maximum Gasteiger partial charge on any atom is 0.310 e. The standard InChI is InChI=1S/C42H48N4O5/c1-7-21-18-46-11-10-42-29-13-23-20(2)36-26-15-33-38-27(25-12-22(48-5)8-9-31(25)45(38)4)16-32(44(33)3)28(26)19-50-41(36)51-35(23)17-30(29)43-39(42)34(46)14-24(21)37(42)40(47)49-6/h7-9,12-13,17,20,24,26,28,32-34,36-37,41H,10-11,14-16,18-19H2,1-6H3/b21-7-/t20-,24-,26+,28+,32-,33-,34-,36-,37+,41-,42-/m0/s1. The van der Waals surface area contributed by atoms with Crippen LogP contribution >= 0.6 is 0 Å². The largest absolute Gasteiger partial charge is 0.497 e. The van der Waals surface area contributed by atoms with Crippen molar-refractivity contribution in [2.45, 2.75) is 75.3 Å². The Morgan fingerprint density at radius 1 is 1.10 bits per heavy atom. The summed E-state index contributed by atoms with van der Waals surface area (Å²) in [4.78, 5) is 24.6. The quantitative estimate of drug-likeness (QED) is 0.240. The van der Waals surface area contributed by atoms with E-state index < -0.39 is 5.41 Å². The van der Waals surface area contributed by atoms with E-state index in [0.29, 0.717) is 30.5 Å². The normalized spacial score (nSPS) is 39.3. The van der Waals surface area contributed by atoms with E-state index in [1.54, 1.807) is 14.2 Å². The maximum atomic E-state index is 13.9. The highest BCUT2D eigenvalue weighted by Gasteiger charge is 2.66. The average molecular weight is 689 g/mol. The van der Waals surface area contributed by atoms with Gasteiger partial charge in [-0.2, -0.15) is 0 Å². The van der Waals surface area contributed by atoms with Crippen molar-refractivity contribution >= 4 is 28.3 Å². The van der Waals surface area contributed by atoms with Gasteiger partial charge in [0.2, 0.25) is 6.29 Å². The monoisotopic (exact) mass is 688 g/mol. The van der Waals surface area contributed by atoms with Crippen molar-refractivity contribution < 1.29 is 23.7 Å². The molecule has 0 spiro atoms. The fraction of sp³-hybridized carbons (Fsp3) is 0.571. The molecule has 266 valence electrons. The van der Waals surface area contributed by atoms with Gasteiger partial charge in [0, 0.05) is 72.4 Å². The van der Waals surface area contributed by atoms with Crippen LogP contribution in [0.3, 0.4) is 0 Å². The number of benzene rings is 2. The molecule has 11 atom stereocenters. The van der Waals surface area contributed by atoms with Crippen molar-refractivity contribution in [2.24, 2.45) is 41.6 Å². The number of fused-ring (bicyclic) bond motifs is 13. The minimum atomic E-state index is -0.434. The highest BCUT2D eigenvalue weighted by atomic mass is 16.7. The number of aromatic nitrogens is 1. The zero-order valence-electron chi connectivity index (χ0n) is 30.5. The lowest BCUT2D eigenvalue weighted by molar-refractivity contribution is -0.221. The summed E-state index contributed by atoms with van der Waals surface area (Å²) in [5.41, 5.74) is 9.77. The van der Waals surface area contributed by atoms with Crippen molar-refractivity contribution in [1.82, 2.24) is 14.4 Å². The average Bonchev–Trinajstić information content (AvgIpc) is 3.61. The van der Waals surface area contributed by atoms with Crippen molar-refractivity contribution in [3.63, 3.8) is 0 Å². The first-order chi connectivity index (χ1) is 24.8. The Balaban J connectivity index is 0.994. The van der Waals surface area contributed by atoms with Crippen LogP contribution in [-0.2, 0) is 33.2 Å². The molecule has 1 aromatic heterocycles. The number of aryl methyl sites for hydroxylation is 1. The lowest BCUT2D eigenvalue weighted by Gasteiger charge is -2.59. The lowest BCUT2D eigenvalue weighted by Crippen LogP contribution is -2.68. The number of piperidine rings is 3. The van der Waals surface area contributed by atoms with E-state index in [4.69, 9.17) is 23.9 Å². The predicted molar refractivity (Wildman–Crippen MR) is 194 cm³/mol. The molecular weight excluding hydrogens is 640 g/mol. The number of hydrogen-bond donors (Lipinski definition) is 0.